The fourth-order valence-corrected chi connectivity index (χ4v) is 2.65. The number of ether oxygens (including phenoxy) is 1. The highest BCUT2D eigenvalue weighted by Gasteiger charge is 2.19. The number of esters is 1. The molecular formula is C12H13ClO5S. The van der Waals surface area contributed by atoms with Gasteiger partial charge in [-0.3, -0.25) is 9.59 Å². The first-order chi connectivity index (χ1) is 8.84. The largest absolute Gasteiger partial charge is 0.469 e. The summed E-state index contributed by atoms with van der Waals surface area (Å²) in [7, 11) is -2.45. The number of halogens is 1. The lowest BCUT2D eigenvalue weighted by Gasteiger charge is -2.03. The van der Waals surface area contributed by atoms with Gasteiger partial charge in [-0.25, -0.2) is 8.42 Å². The van der Waals surface area contributed by atoms with Crippen molar-refractivity contribution in [3.05, 3.63) is 34.9 Å². The van der Waals surface area contributed by atoms with Crippen LogP contribution in [0, 0.1) is 0 Å². The number of carbonyl (C=O) groups is 2. The summed E-state index contributed by atoms with van der Waals surface area (Å²) in [4.78, 5) is 22.6. The average molecular weight is 305 g/mol. The highest BCUT2D eigenvalue weighted by atomic mass is 35.5. The van der Waals surface area contributed by atoms with Gasteiger partial charge in [-0.15, -0.1) is 0 Å². The molecule has 0 spiro atoms. The summed E-state index contributed by atoms with van der Waals surface area (Å²) >= 11 is 5.67. The second kappa shape index (κ2) is 6.68. The van der Waals surface area contributed by atoms with Crippen LogP contribution in [-0.4, -0.2) is 38.8 Å². The van der Waals surface area contributed by atoms with E-state index in [1.54, 1.807) is 0 Å². The molecular weight excluding hydrogens is 292 g/mol. The topological polar surface area (TPSA) is 77.5 Å². The lowest BCUT2D eigenvalue weighted by atomic mass is 10.1. The first kappa shape index (κ1) is 15.7. The zero-order chi connectivity index (χ0) is 14.5. The van der Waals surface area contributed by atoms with E-state index < -0.39 is 33.1 Å². The molecule has 0 aromatic heterocycles. The Labute approximate surface area is 116 Å². The predicted octanol–water partition coefficient (Wildman–Crippen LogP) is 1.50. The number of sulfone groups is 1. The molecule has 0 aliphatic carbocycles. The Kier molecular flexibility index (Phi) is 5.50. The van der Waals surface area contributed by atoms with E-state index in [4.69, 9.17) is 11.6 Å². The summed E-state index contributed by atoms with van der Waals surface area (Å²) in [5.74, 6) is -2.19. The first-order valence-electron chi connectivity index (χ1n) is 5.40. The zero-order valence-corrected chi connectivity index (χ0v) is 11.8. The van der Waals surface area contributed by atoms with E-state index in [1.165, 1.54) is 31.4 Å². The number of Topliss-reactive ketones (excluding diaryl/α,β-unsaturated/α-hetero) is 1. The Morgan fingerprint density at radius 3 is 2.32 bits per heavy atom. The van der Waals surface area contributed by atoms with Crippen molar-refractivity contribution in [2.24, 2.45) is 0 Å². The molecule has 1 aromatic rings. The van der Waals surface area contributed by atoms with Crippen LogP contribution in [0.15, 0.2) is 24.3 Å². The minimum atomic E-state index is -3.63. The fraction of sp³-hybridized carbons (Fsp3) is 0.333. The maximum absolute atomic E-state index is 11.7. The van der Waals surface area contributed by atoms with E-state index in [1.807, 2.05) is 0 Å². The second-order valence-corrected chi connectivity index (χ2v) is 6.47. The third kappa shape index (κ3) is 5.40. The summed E-state index contributed by atoms with van der Waals surface area (Å²) in [6, 6.07) is 5.94. The SMILES string of the molecule is COC(=O)CCS(=O)(=O)CC(=O)c1ccc(Cl)cc1. The molecule has 0 N–H and O–H groups in total. The van der Waals surface area contributed by atoms with E-state index >= 15 is 0 Å². The average Bonchev–Trinajstić information content (AvgIpc) is 2.36. The fourth-order valence-electron chi connectivity index (χ4n) is 1.33. The van der Waals surface area contributed by atoms with E-state index in [0.29, 0.717) is 5.02 Å². The monoisotopic (exact) mass is 304 g/mol. The van der Waals surface area contributed by atoms with Gasteiger partial charge in [-0.05, 0) is 24.3 Å². The quantitative estimate of drug-likeness (QED) is 0.588. The molecule has 1 aromatic carbocycles. The summed E-state index contributed by atoms with van der Waals surface area (Å²) in [5, 5.41) is 0.463. The van der Waals surface area contributed by atoms with Gasteiger partial charge in [0.2, 0.25) is 0 Å². The summed E-state index contributed by atoms with van der Waals surface area (Å²) in [5.41, 5.74) is 0.269. The number of hydrogen-bond donors (Lipinski definition) is 0. The minimum Gasteiger partial charge on any atom is -0.469 e. The van der Waals surface area contributed by atoms with Crippen LogP contribution >= 0.6 is 11.6 Å². The molecule has 0 aliphatic heterocycles. The Morgan fingerprint density at radius 2 is 1.79 bits per heavy atom. The lowest BCUT2D eigenvalue weighted by Crippen LogP contribution is -2.21. The summed E-state index contributed by atoms with van der Waals surface area (Å²) < 4.78 is 27.6. The molecule has 0 saturated carbocycles. The van der Waals surface area contributed by atoms with Gasteiger partial charge in [-0.2, -0.15) is 0 Å². The van der Waals surface area contributed by atoms with Crippen LogP contribution in [0.2, 0.25) is 5.02 Å². The highest BCUT2D eigenvalue weighted by Crippen LogP contribution is 2.11. The zero-order valence-electron chi connectivity index (χ0n) is 10.3. The lowest BCUT2D eigenvalue weighted by molar-refractivity contribution is -0.140. The number of rotatable bonds is 6. The number of hydrogen-bond acceptors (Lipinski definition) is 5. The maximum atomic E-state index is 11.7. The Morgan fingerprint density at radius 1 is 1.21 bits per heavy atom. The Bertz CT molecular complexity index is 562. The molecule has 7 heteroatoms. The Hall–Kier alpha value is -1.40. The molecule has 0 saturated heterocycles. The van der Waals surface area contributed by atoms with Crippen molar-refractivity contribution < 1.29 is 22.7 Å². The van der Waals surface area contributed by atoms with Gasteiger partial charge in [0.15, 0.2) is 15.6 Å². The molecule has 0 fully saturated rings. The van der Waals surface area contributed by atoms with Crippen molar-refractivity contribution in [2.75, 3.05) is 18.6 Å². The molecule has 1 rings (SSSR count). The van der Waals surface area contributed by atoms with Crippen molar-refractivity contribution >= 4 is 33.2 Å². The van der Waals surface area contributed by atoms with Crippen LogP contribution in [0.4, 0.5) is 0 Å². The maximum Gasteiger partial charge on any atom is 0.306 e. The van der Waals surface area contributed by atoms with E-state index in [-0.39, 0.29) is 12.0 Å². The number of carbonyl (C=O) groups excluding carboxylic acids is 2. The first-order valence-corrected chi connectivity index (χ1v) is 7.60. The number of ketones is 1. The van der Waals surface area contributed by atoms with E-state index in [9.17, 15) is 18.0 Å². The minimum absolute atomic E-state index is 0.257. The number of benzene rings is 1. The molecule has 0 aliphatic rings. The molecule has 0 unspecified atom stereocenters. The third-order valence-electron chi connectivity index (χ3n) is 2.36. The van der Waals surface area contributed by atoms with Gasteiger partial charge in [0.25, 0.3) is 0 Å². The van der Waals surface area contributed by atoms with Crippen LogP contribution in [0.1, 0.15) is 16.8 Å². The van der Waals surface area contributed by atoms with Crippen LogP contribution in [0.25, 0.3) is 0 Å². The van der Waals surface area contributed by atoms with Crippen molar-refractivity contribution in [2.45, 2.75) is 6.42 Å². The Balaban J connectivity index is 2.65. The summed E-state index contributed by atoms with van der Waals surface area (Å²) in [6.45, 7) is 0. The molecule has 104 valence electrons. The van der Waals surface area contributed by atoms with Crippen LogP contribution in [0.5, 0.6) is 0 Å². The molecule has 19 heavy (non-hydrogen) atoms. The predicted molar refractivity (Wildman–Crippen MR) is 71.1 cm³/mol. The molecule has 0 amide bonds. The van der Waals surface area contributed by atoms with E-state index in [0.717, 1.165) is 0 Å². The standard InChI is InChI=1S/C12H13ClO5S/c1-18-12(15)6-7-19(16,17)8-11(14)9-2-4-10(13)5-3-9/h2-5H,6-8H2,1H3. The highest BCUT2D eigenvalue weighted by molar-refractivity contribution is 7.92. The molecule has 0 atom stereocenters. The van der Waals surface area contributed by atoms with Crippen molar-refractivity contribution in [3.63, 3.8) is 0 Å². The third-order valence-corrected chi connectivity index (χ3v) is 4.14. The van der Waals surface area contributed by atoms with Gasteiger partial charge < -0.3 is 4.74 Å². The van der Waals surface area contributed by atoms with Crippen LogP contribution in [0.3, 0.4) is 0 Å². The molecule has 5 nitrogen and oxygen atoms in total. The molecule has 0 bridgehead atoms. The van der Waals surface area contributed by atoms with Gasteiger partial charge in [0.1, 0.15) is 5.75 Å². The van der Waals surface area contributed by atoms with Crippen LogP contribution < -0.4 is 0 Å². The normalized spacial score (nSPS) is 11.1. The smallest absolute Gasteiger partial charge is 0.306 e. The van der Waals surface area contributed by atoms with Crippen molar-refractivity contribution in [1.82, 2.24) is 0 Å². The van der Waals surface area contributed by atoms with Crippen molar-refractivity contribution in [3.8, 4) is 0 Å². The number of methoxy groups -OCH3 is 1. The van der Waals surface area contributed by atoms with E-state index in [2.05, 4.69) is 4.74 Å². The van der Waals surface area contributed by atoms with Gasteiger partial charge in [0, 0.05) is 10.6 Å². The van der Waals surface area contributed by atoms with Crippen LogP contribution in [-0.2, 0) is 19.4 Å². The molecule has 0 heterocycles. The van der Waals surface area contributed by atoms with Gasteiger partial charge >= 0.3 is 5.97 Å². The second-order valence-electron chi connectivity index (χ2n) is 3.85. The summed E-state index contributed by atoms with van der Waals surface area (Å²) in [6.07, 6.45) is -0.257. The van der Waals surface area contributed by atoms with Gasteiger partial charge in [0.05, 0.1) is 19.3 Å². The van der Waals surface area contributed by atoms with Gasteiger partial charge in [-0.1, -0.05) is 11.6 Å². The van der Waals surface area contributed by atoms with Crippen molar-refractivity contribution in [1.29, 1.82) is 0 Å². The molecule has 0 radical (unpaired) electrons.